The first-order chi connectivity index (χ1) is 5.54. The highest BCUT2D eigenvalue weighted by Crippen LogP contribution is 2.69. The molecule has 1 N–H and O–H groups in total. The molecule has 1 aliphatic carbocycles. The minimum atomic E-state index is 0.359. The Bertz CT molecular complexity index is 243. The highest BCUT2D eigenvalue weighted by Gasteiger charge is 2.70. The molecule has 1 heterocycles. The summed E-state index contributed by atoms with van der Waals surface area (Å²) in [5.74, 6) is 4.24. The van der Waals surface area contributed by atoms with E-state index in [1.807, 2.05) is 0 Å². The zero-order valence-corrected chi connectivity index (χ0v) is 8.15. The molecule has 1 saturated heterocycles. The monoisotopic (exact) mass is 163 g/mol. The van der Waals surface area contributed by atoms with Crippen LogP contribution in [0.3, 0.4) is 0 Å². The van der Waals surface area contributed by atoms with E-state index in [1.54, 1.807) is 0 Å². The first-order valence-corrected chi connectivity index (χ1v) is 4.71. The lowest BCUT2D eigenvalue weighted by Crippen LogP contribution is -2.30. The molecular weight excluding hydrogens is 146 g/mol. The van der Waals surface area contributed by atoms with Gasteiger partial charge in [-0.3, -0.25) is 0 Å². The topological polar surface area (TPSA) is 12.0 Å². The molecule has 1 heteroatoms. The van der Waals surface area contributed by atoms with Gasteiger partial charge in [0.25, 0.3) is 0 Å². The Morgan fingerprint density at radius 1 is 1.50 bits per heavy atom. The van der Waals surface area contributed by atoms with Crippen molar-refractivity contribution in [2.75, 3.05) is 13.1 Å². The third kappa shape index (κ3) is 0.696. The molecular formula is C11H17N. The summed E-state index contributed by atoms with van der Waals surface area (Å²) in [6.45, 7) is 9.18. The van der Waals surface area contributed by atoms with Crippen LogP contribution >= 0.6 is 0 Å². The van der Waals surface area contributed by atoms with Crippen LogP contribution in [0.25, 0.3) is 0 Å². The molecule has 1 aliphatic heterocycles. The van der Waals surface area contributed by atoms with Gasteiger partial charge in [0.05, 0.1) is 0 Å². The molecule has 0 radical (unpaired) electrons. The second-order valence-electron chi connectivity index (χ2n) is 5.17. The predicted molar refractivity (Wildman–Crippen MR) is 50.6 cm³/mol. The smallest absolute Gasteiger partial charge is 0.0324 e. The van der Waals surface area contributed by atoms with Crippen LogP contribution in [0, 0.1) is 35.0 Å². The van der Waals surface area contributed by atoms with Gasteiger partial charge < -0.3 is 5.32 Å². The SMILES string of the molecule is C#CC1C2CNCC12C(C)(C)C. The molecule has 0 aromatic rings. The summed E-state index contributed by atoms with van der Waals surface area (Å²) in [5, 5.41) is 3.44. The number of fused-ring (bicyclic) bond motifs is 1. The number of hydrogen-bond acceptors (Lipinski definition) is 1. The second kappa shape index (κ2) is 2.06. The molecule has 0 aromatic heterocycles. The molecule has 2 rings (SSSR count). The number of nitrogens with one attached hydrogen (secondary N) is 1. The number of terminal acetylenes is 1. The van der Waals surface area contributed by atoms with Gasteiger partial charge in [0.2, 0.25) is 0 Å². The highest BCUT2D eigenvalue weighted by atomic mass is 15.0. The van der Waals surface area contributed by atoms with Crippen molar-refractivity contribution in [2.24, 2.45) is 22.7 Å². The van der Waals surface area contributed by atoms with Gasteiger partial charge in [-0.05, 0) is 17.9 Å². The molecule has 12 heavy (non-hydrogen) atoms. The minimum Gasteiger partial charge on any atom is -0.316 e. The van der Waals surface area contributed by atoms with Crippen molar-refractivity contribution < 1.29 is 0 Å². The van der Waals surface area contributed by atoms with Crippen molar-refractivity contribution >= 4 is 0 Å². The maximum atomic E-state index is 5.53. The maximum absolute atomic E-state index is 5.53. The van der Waals surface area contributed by atoms with Crippen LogP contribution in [0.2, 0.25) is 0 Å². The van der Waals surface area contributed by atoms with Crippen LogP contribution in [-0.4, -0.2) is 13.1 Å². The van der Waals surface area contributed by atoms with Gasteiger partial charge in [-0.2, -0.15) is 0 Å². The molecule has 0 amide bonds. The fourth-order valence-corrected chi connectivity index (χ4v) is 3.05. The van der Waals surface area contributed by atoms with Crippen molar-refractivity contribution in [1.82, 2.24) is 5.32 Å². The van der Waals surface area contributed by atoms with Crippen molar-refractivity contribution in [3.05, 3.63) is 0 Å². The van der Waals surface area contributed by atoms with Gasteiger partial charge in [0.15, 0.2) is 0 Å². The lowest BCUT2D eigenvalue weighted by Gasteiger charge is -2.29. The summed E-state index contributed by atoms with van der Waals surface area (Å²) < 4.78 is 0. The van der Waals surface area contributed by atoms with Crippen LogP contribution < -0.4 is 5.32 Å². The summed E-state index contributed by atoms with van der Waals surface area (Å²) in [6.07, 6.45) is 5.53. The molecule has 1 saturated carbocycles. The van der Waals surface area contributed by atoms with Crippen molar-refractivity contribution in [2.45, 2.75) is 20.8 Å². The maximum Gasteiger partial charge on any atom is 0.0324 e. The summed E-state index contributed by atoms with van der Waals surface area (Å²) >= 11 is 0. The van der Waals surface area contributed by atoms with Gasteiger partial charge in [0.1, 0.15) is 0 Å². The highest BCUT2D eigenvalue weighted by molar-refractivity contribution is 5.29. The third-order valence-corrected chi connectivity index (χ3v) is 3.87. The molecule has 0 aromatic carbocycles. The molecule has 0 bridgehead atoms. The van der Waals surface area contributed by atoms with Gasteiger partial charge in [-0.1, -0.05) is 20.8 Å². The van der Waals surface area contributed by atoms with E-state index in [0.29, 0.717) is 16.7 Å². The Labute approximate surface area is 74.9 Å². The molecule has 0 spiro atoms. The lowest BCUT2D eigenvalue weighted by atomic mass is 9.75. The predicted octanol–water partition coefficient (Wildman–Crippen LogP) is 1.50. The summed E-state index contributed by atoms with van der Waals surface area (Å²) in [5.41, 5.74) is 0.778. The van der Waals surface area contributed by atoms with E-state index in [0.717, 1.165) is 19.0 Å². The summed E-state index contributed by atoms with van der Waals surface area (Å²) in [4.78, 5) is 0. The second-order valence-corrected chi connectivity index (χ2v) is 5.17. The first kappa shape index (κ1) is 8.13. The van der Waals surface area contributed by atoms with Crippen LogP contribution in [0.15, 0.2) is 0 Å². The number of hydrogen-bond donors (Lipinski definition) is 1. The summed E-state index contributed by atoms with van der Waals surface area (Å²) in [7, 11) is 0. The fraction of sp³-hybridized carbons (Fsp3) is 0.818. The van der Waals surface area contributed by atoms with Crippen LogP contribution in [0.1, 0.15) is 20.8 Å². The van der Waals surface area contributed by atoms with Crippen molar-refractivity contribution in [1.29, 1.82) is 0 Å². The number of piperidine rings is 1. The lowest BCUT2D eigenvalue weighted by molar-refractivity contribution is 0.207. The molecule has 1 nitrogen and oxygen atoms in total. The average Bonchev–Trinajstić information content (AvgIpc) is 2.36. The molecule has 3 unspecified atom stereocenters. The fourth-order valence-electron chi connectivity index (χ4n) is 3.05. The van der Waals surface area contributed by atoms with E-state index in [2.05, 4.69) is 32.0 Å². The standard InChI is InChI=1S/C11H17N/c1-5-8-9-6-12-7-11(8,9)10(2,3)4/h1,8-9,12H,6-7H2,2-4H3. The van der Waals surface area contributed by atoms with Gasteiger partial charge in [-0.15, -0.1) is 12.3 Å². The Hall–Kier alpha value is -0.480. The van der Waals surface area contributed by atoms with E-state index in [4.69, 9.17) is 6.42 Å². The third-order valence-electron chi connectivity index (χ3n) is 3.87. The van der Waals surface area contributed by atoms with Gasteiger partial charge in [-0.25, -0.2) is 0 Å². The zero-order valence-electron chi connectivity index (χ0n) is 8.15. The Morgan fingerprint density at radius 2 is 2.17 bits per heavy atom. The Morgan fingerprint density at radius 3 is 2.50 bits per heavy atom. The Kier molecular flexibility index (Phi) is 1.40. The van der Waals surface area contributed by atoms with Crippen LogP contribution in [-0.2, 0) is 0 Å². The first-order valence-electron chi connectivity index (χ1n) is 4.71. The molecule has 66 valence electrons. The molecule has 2 fully saturated rings. The van der Waals surface area contributed by atoms with E-state index in [-0.39, 0.29) is 0 Å². The zero-order chi connectivity index (χ0) is 8.98. The summed E-state index contributed by atoms with van der Waals surface area (Å²) in [6, 6.07) is 0. The normalized spacial score (nSPS) is 45.2. The largest absolute Gasteiger partial charge is 0.316 e. The van der Waals surface area contributed by atoms with E-state index in [1.165, 1.54) is 0 Å². The number of rotatable bonds is 0. The Balaban J connectivity index is 2.28. The van der Waals surface area contributed by atoms with Gasteiger partial charge >= 0.3 is 0 Å². The van der Waals surface area contributed by atoms with Crippen molar-refractivity contribution in [3.8, 4) is 12.3 Å². The quantitative estimate of drug-likeness (QED) is 0.534. The van der Waals surface area contributed by atoms with E-state index >= 15 is 0 Å². The van der Waals surface area contributed by atoms with Crippen LogP contribution in [0.4, 0.5) is 0 Å². The molecule has 2 aliphatic rings. The van der Waals surface area contributed by atoms with Gasteiger partial charge in [0, 0.05) is 17.9 Å². The minimum absolute atomic E-state index is 0.359. The average molecular weight is 163 g/mol. The van der Waals surface area contributed by atoms with E-state index in [9.17, 15) is 0 Å². The van der Waals surface area contributed by atoms with Crippen molar-refractivity contribution in [3.63, 3.8) is 0 Å². The van der Waals surface area contributed by atoms with E-state index < -0.39 is 0 Å². The molecule has 3 atom stereocenters. The van der Waals surface area contributed by atoms with Crippen LogP contribution in [0.5, 0.6) is 0 Å².